The summed E-state index contributed by atoms with van der Waals surface area (Å²) in [7, 11) is 0. The van der Waals surface area contributed by atoms with Gasteiger partial charge in [-0.05, 0) is 80.5 Å². The summed E-state index contributed by atoms with van der Waals surface area (Å²) in [5.74, 6) is 0.267. The molecule has 0 radical (unpaired) electrons. The van der Waals surface area contributed by atoms with Gasteiger partial charge in [0.2, 0.25) is 5.69 Å². The van der Waals surface area contributed by atoms with Gasteiger partial charge in [-0.15, -0.1) is 0 Å². The highest BCUT2D eigenvalue weighted by atomic mass is 16.3. The number of phenols is 1. The molecule has 0 saturated heterocycles. The summed E-state index contributed by atoms with van der Waals surface area (Å²) in [6, 6.07) is 25.2. The van der Waals surface area contributed by atoms with Crippen molar-refractivity contribution in [2.24, 2.45) is 0 Å². The first-order chi connectivity index (χ1) is 22.2. The molecule has 0 bridgehead atoms. The van der Waals surface area contributed by atoms with Crippen LogP contribution in [0.1, 0.15) is 84.8 Å². The van der Waals surface area contributed by atoms with Crippen LogP contribution in [0.2, 0.25) is 0 Å². The van der Waals surface area contributed by atoms with E-state index in [-0.39, 0.29) is 16.6 Å². The predicted molar refractivity (Wildman–Crippen MR) is 195 cm³/mol. The van der Waals surface area contributed by atoms with E-state index in [1.54, 1.807) is 6.07 Å². The Bertz CT molecular complexity index is 1780. The van der Waals surface area contributed by atoms with E-state index in [0.717, 1.165) is 56.6 Å². The second-order valence-corrected chi connectivity index (χ2v) is 14.0. The molecule has 1 aliphatic carbocycles. The van der Waals surface area contributed by atoms with Crippen molar-refractivity contribution < 1.29 is 9.68 Å². The summed E-state index contributed by atoms with van der Waals surface area (Å²) in [4.78, 5) is 2.51. The average Bonchev–Trinajstić information content (AvgIpc) is 3.39. The van der Waals surface area contributed by atoms with E-state index in [4.69, 9.17) is 0 Å². The van der Waals surface area contributed by atoms with Crippen molar-refractivity contribution in [3.63, 3.8) is 0 Å². The van der Waals surface area contributed by atoms with Crippen LogP contribution in [-0.2, 0) is 10.8 Å². The van der Waals surface area contributed by atoms with Crippen molar-refractivity contribution in [1.29, 1.82) is 0 Å². The molecule has 0 amide bonds. The summed E-state index contributed by atoms with van der Waals surface area (Å²) in [6.07, 6.45) is 14.7. The lowest BCUT2D eigenvalue weighted by Gasteiger charge is -2.27. The Morgan fingerprint density at radius 3 is 2.35 bits per heavy atom. The van der Waals surface area contributed by atoms with Crippen LogP contribution in [0.15, 0.2) is 120 Å². The molecule has 0 atom stereocenters. The number of anilines is 2. The highest BCUT2D eigenvalue weighted by Crippen LogP contribution is 2.48. The molecular formula is C42H50N3O+. The minimum atomic E-state index is -0.0782. The molecule has 3 aromatic rings. The molecule has 0 aromatic heterocycles. The number of nitrogens with one attached hydrogen (secondary N) is 1. The van der Waals surface area contributed by atoms with Crippen molar-refractivity contribution in [2.75, 3.05) is 23.3 Å². The standard InChI is InChI=1S/C42H49N3O/c1-7-27-44-36-21-11-9-19-34(36)41(3,4)38(44)25-23-30-15-13-16-31(40(30)43-32-17-14-18-33(46)29-32)24-26-39-42(5,6)35-20-10-12-22-37(35)45(39)28-8-2/h9-12,14,17-26,29,46H,7-8,13,15-16,27-28H2,1-6H3/p+1. The van der Waals surface area contributed by atoms with Gasteiger partial charge in [0.15, 0.2) is 5.71 Å². The molecule has 3 aliphatic rings. The molecule has 238 valence electrons. The monoisotopic (exact) mass is 612 g/mol. The maximum absolute atomic E-state index is 10.3. The van der Waals surface area contributed by atoms with Crippen molar-refractivity contribution in [1.82, 2.24) is 0 Å². The Hall–Kier alpha value is -4.31. The molecule has 0 spiro atoms. The van der Waals surface area contributed by atoms with E-state index in [1.165, 1.54) is 45.1 Å². The van der Waals surface area contributed by atoms with Crippen LogP contribution in [0, 0.1) is 0 Å². The summed E-state index contributed by atoms with van der Waals surface area (Å²) in [5, 5.41) is 14.1. The Balaban J connectivity index is 1.45. The second-order valence-electron chi connectivity index (χ2n) is 14.0. The predicted octanol–water partition coefficient (Wildman–Crippen LogP) is 10.3. The van der Waals surface area contributed by atoms with E-state index in [9.17, 15) is 5.11 Å². The number of rotatable bonds is 9. The summed E-state index contributed by atoms with van der Waals surface area (Å²) < 4.78 is 2.51. The van der Waals surface area contributed by atoms with Crippen molar-refractivity contribution in [2.45, 2.75) is 84.5 Å². The van der Waals surface area contributed by atoms with Gasteiger partial charge in [0, 0.05) is 64.9 Å². The number of aromatic hydroxyl groups is 1. The Kier molecular flexibility index (Phi) is 8.83. The van der Waals surface area contributed by atoms with Crippen LogP contribution in [0.5, 0.6) is 5.75 Å². The zero-order valence-electron chi connectivity index (χ0n) is 28.5. The van der Waals surface area contributed by atoms with E-state index < -0.39 is 0 Å². The average molecular weight is 613 g/mol. The summed E-state index contributed by atoms with van der Waals surface area (Å²) >= 11 is 0. The van der Waals surface area contributed by atoms with E-state index >= 15 is 0 Å². The number of hydrogen-bond acceptors (Lipinski definition) is 3. The van der Waals surface area contributed by atoms with E-state index in [1.807, 2.05) is 18.2 Å². The van der Waals surface area contributed by atoms with E-state index in [2.05, 4.69) is 129 Å². The van der Waals surface area contributed by atoms with Crippen LogP contribution in [0.3, 0.4) is 0 Å². The number of benzene rings is 3. The van der Waals surface area contributed by atoms with Crippen molar-refractivity contribution in [3.05, 3.63) is 131 Å². The Labute approximate surface area is 276 Å². The first kappa shape index (κ1) is 31.7. The number of nitrogens with zero attached hydrogens (tertiary/aromatic N) is 2. The van der Waals surface area contributed by atoms with Gasteiger partial charge in [-0.25, -0.2) is 0 Å². The smallest absolute Gasteiger partial charge is 0.209 e. The Morgan fingerprint density at radius 2 is 1.59 bits per heavy atom. The molecule has 0 unspecified atom stereocenters. The fourth-order valence-electron chi connectivity index (χ4n) is 7.72. The molecule has 3 aromatic carbocycles. The zero-order valence-corrected chi connectivity index (χ0v) is 28.5. The third-order valence-corrected chi connectivity index (χ3v) is 10.0. The third kappa shape index (κ3) is 5.75. The van der Waals surface area contributed by atoms with Crippen LogP contribution in [0.4, 0.5) is 17.1 Å². The molecule has 2 N–H and O–H groups in total. The van der Waals surface area contributed by atoms with Gasteiger partial charge in [-0.1, -0.05) is 82.3 Å². The minimum Gasteiger partial charge on any atom is -0.508 e. The van der Waals surface area contributed by atoms with Gasteiger partial charge in [0.05, 0.1) is 5.41 Å². The number of fused-ring (bicyclic) bond motifs is 2. The highest BCUT2D eigenvalue weighted by molar-refractivity contribution is 6.03. The highest BCUT2D eigenvalue weighted by Gasteiger charge is 2.44. The van der Waals surface area contributed by atoms with Crippen LogP contribution in [-0.4, -0.2) is 28.5 Å². The maximum atomic E-state index is 10.3. The van der Waals surface area contributed by atoms with Crippen LogP contribution >= 0.6 is 0 Å². The number of para-hydroxylation sites is 2. The van der Waals surface area contributed by atoms with Gasteiger partial charge in [-0.3, -0.25) is 0 Å². The van der Waals surface area contributed by atoms with Gasteiger partial charge < -0.3 is 15.3 Å². The molecular weight excluding hydrogens is 562 g/mol. The van der Waals surface area contributed by atoms with Gasteiger partial charge >= 0.3 is 0 Å². The summed E-state index contributed by atoms with van der Waals surface area (Å²) in [6.45, 7) is 15.9. The molecule has 0 fully saturated rings. The van der Waals surface area contributed by atoms with Gasteiger partial charge in [0.25, 0.3) is 0 Å². The SMILES string of the molecule is CCCN1C(=CC=C2CCCC(C=CC3=[N+](CCC)c4ccccc4C3(C)C)=C2Nc2cccc(O)c2)C(C)(C)c2ccccc21. The lowest BCUT2D eigenvalue weighted by atomic mass is 9.81. The molecule has 4 nitrogen and oxygen atoms in total. The molecule has 4 heteroatoms. The lowest BCUT2D eigenvalue weighted by molar-refractivity contribution is -0.437. The maximum Gasteiger partial charge on any atom is 0.209 e. The fraction of sp³-hybridized carbons (Fsp3) is 0.357. The molecule has 6 rings (SSSR count). The van der Waals surface area contributed by atoms with Crippen molar-refractivity contribution in [3.8, 4) is 5.75 Å². The van der Waals surface area contributed by atoms with Crippen molar-refractivity contribution >= 4 is 22.8 Å². The zero-order chi connectivity index (χ0) is 32.5. The fourth-order valence-corrected chi connectivity index (χ4v) is 7.72. The quantitative estimate of drug-likeness (QED) is 0.236. The third-order valence-electron chi connectivity index (χ3n) is 10.0. The normalized spacial score (nSPS) is 20.3. The topological polar surface area (TPSA) is 38.5 Å². The van der Waals surface area contributed by atoms with Gasteiger partial charge in [-0.2, -0.15) is 4.58 Å². The first-order valence-corrected chi connectivity index (χ1v) is 17.2. The van der Waals surface area contributed by atoms with Crippen LogP contribution in [0.25, 0.3) is 0 Å². The van der Waals surface area contributed by atoms with Gasteiger partial charge in [0.1, 0.15) is 12.3 Å². The Morgan fingerprint density at radius 1 is 0.826 bits per heavy atom. The number of hydrogen-bond donors (Lipinski definition) is 2. The molecule has 2 heterocycles. The number of phenolic OH excluding ortho intramolecular Hbond substituents is 1. The van der Waals surface area contributed by atoms with E-state index in [0.29, 0.717) is 0 Å². The first-order valence-electron chi connectivity index (χ1n) is 17.2. The summed E-state index contributed by atoms with van der Waals surface area (Å²) in [5.41, 5.74) is 12.6. The minimum absolute atomic E-state index is 0.0782. The molecule has 2 aliphatic heterocycles. The molecule has 46 heavy (non-hydrogen) atoms. The molecule has 0 saturated carbocycles. The lowest BCUT2D eigenvalue weighted by Crippen LogP contribution is -2.28. The van der Waals surface area contributed by atoms with Crippen LogP contribution < -0.4 is 10.2 Å². The largest absolute Gasteiger partial charge is 0.508 e. The second kappa shape index (κ2) is 12.8. The number of allylic oxidation sites excluding steroid dienone is 7.